The predicted molar refractivity (Wildman–Crippen MR) is 60.8 cm³/mol. The molecule has 0 radical (unpaired) electrons. The molecule has 0 aliphatic heterocycles. The van der Waals surface area contributed by atoms with E-state index in [0.29, 0.717) is 13.2 Å². The van der Waals surface area contributed by atoms with E-state index < -0.39 is 11.6 Å². The Labute approximate surface area is 99.6 Å². The van der Waals surface area contributed by atoms with E-state index in [1.807, 2.05) is 6.92 Å². The lowest BCUT2D eigenvalue weighted by atomic mass is 10.1. The second kappa shape index (κ2) is 7.12. The van der Waals surface area contributed by atoms with Gasteiger partial charge in [-0.05, 0) is 30.2 Å². The molecule has 0 spiro atoms. The normalized spacial score (nSPS) is 10.5. The molecule has 1 aromatic rings. The van der Waals surface area contributed by atoms with Crippen LogP contribution in [0.1, 0.15) is 25.3 Å². The Balaban J connectivity index is 2.42. The van der Waals surface area contributed by atoms with Crippen LogP contribution >= 0.6 is 0 Å². The van der Waals surface area contributed by atoms with Crippen molar-refractivity contribution in [1.82, 2.24) is 0 Å². The molecule has 0 saturated heterocycles. The van der Waals surface area contributed by atoms with Gasteiger partial charge in [0.15, 0.2) is 0 Å². The number of ketones is 1. The van der Waals surface area contributed by atoms with Crippen molar-refractivity contribution in [3.05, 3.63) is 35.4 Å². The SMILES string of the molecule is CCCOCCC(=O)Cc1cc(F)ccc1F. The Morgan fingerprint density at radius 1 is 1.29 bits per heavy atom. The fraction of sp³-hybridized carbons (Fsp3) is 0.462. The number of benzene rings is 1. The number of ether oxygens (including phenoxy) is 1. The fourth-order valence-corrected chi connectivity index (χ4v) is 1.41. The number of Topliss-reactive ketones (excluding diaryl/α,β-unsaturated/α-hetero) is 1. The quantitative estimate of drug-likeness (QED) is 0.687. The number of carbonyl (C=O) groups is 1. The summed E-state index contributed by atoms with van der Waals surface area (Å²) in [5.41, 5.74) is 0.102. The van der Waals surface area contributed by atoms with Crippen molar-refractivity contribution >= 4 is 5.78 Å². The van der Waals surface area contributed by atoms with E-state index in [9.17, 15) is 13.6 Å². The molecule has 0 saturated carbocycles. The van der Waals surface area contributed by atoms with Crippen LogP contribution in [0.25, 0.3) is 0 Å². The van der Waals surface area contributed by atoms with Gasteiger partial charge in [0.2, 0.25) is 0 Å². The highest BCUT2D eigenvalue weighted by atomic mass is 19.1. The molecule has 1 rings (SSSR count). The first-order valence-electron chi connectivity index (χ1n) is 5.67. The second-order valence-electron chi connectivity index (χ2n) is 3.81. The second-order valence-corrected chi connectivity index (χ2v) is 3.81. The van der Waals surface area contributed by atoms with E-state index in [1.165, 1.54) is 0 Å². The molecule has 0 unspecified atom stereocenters. The molecule has 0 aliphatic carbocycles. The molecule has 0 heterocycles. The zero-order valence-corrected chi connectivity index (χ0v) is 9.84. The van der Waals surface area contributed by atoms with Crippen LogP contribution in [0.5, 0.6) is 0 Å². The number of halogens is 2. The lowest BCUT2D eigenvalue weighted by Gasteiger charge is -2.04. The van der Waals surface area contributed by atoms with Crippen molar-refractivity contribution in [3.63, 3.8) is 0 Å². The van der Waals surface area contributed by atoms with E-state index >= 15 is 0 Å². The van der Waals surface area contributed by atoms with Gasteiger partial charge in [0, 0.05) is 19.4 Å². The highest BCUT2D eigenvalue weighted by Gasteiger charge is 2.09. The standard InChI is InChI=1S/C13H16F2O2/c1-2-6-17-7-5-12(16)9-10-8-11(14)3-4-13(10)15/h3-4,8H,2,5-7,9H2,1H3. The van der Waals surface area contributed by atoms with Gasteiger partial charge >= 0.3 is 0 Å². The predicted octanol–water partition coefficient (Wildman–Crippen LogP) is 2.89. The van der Waals surface area contributed by atoms with Crippen LogP contribution in [-0.2, 0) is 16.0 Å². The van der Waals surface area contributed by atoms with Crippen molar-refractivity contribution in [2.24, 2.45) is 0 Å². The zero-order valence-electron chi connectivity index (χ0n) is 9.84. The Morgan fingerprint density at radius 2 is 2.06 bits per heavy atom. The lowest BCUT2D eigenvalue weighted by Crippen LogP contribution is -2.09. The molecular formula is C13H16F2O2. The van der Waals surface area contributed by atoms with E-state index in [1.54, 1.807) is 0 Å². The van der Waals surface area contributed by atoms with Gasteiger partial charge in [0.25, 0.3) is 0 Å². The minimum absolute atomic E-state index is 0.0842. The third-order valence-corrected chi connectivity index (χ3v) is 2.27. The smallest absolute Gasteiger partial charge is 0.139 e. The monoisotopic (exact) mass is 242 g/mol. The summed E-state index contributed by atoms with van der Waals surface area (Å²) in [5.74, 6) is -1.23. The van der Waals surface area contributed by atoms with Crippen LogP contribution in [0, 0.1) is 11.6 Å². The highest BCUT2D eigenvalue weighted by Crippen LogP contribution is 2.11. The molecule has 0 atom stereocenters. The van der Waals surface area contributed by atoms with Crippen molar-refractivity contribution in [2.75, 3.05) is 13.2 Å². The Hall–Kier alpha value is -1.29. The van der Waals surface area contributed by atoms with E-state index in [4.69, 9.17) is 4.74 Å². The highest BCUT2D eigenvalue weighted by molar-refractivity contribution is 5.80. The first kappa shape index (κ1) is 13.8. The summed E-state index contributed by atoms with van der Waals surface area (Å²) in [5, 5.41) is 0. The zero-order chi connectivity index (χ0) is 12.7. The van der Waals surface area contributed by atoms with Gasteiger partial charge in [0.1, 0.15) is 17.4 Å². The van der Waals surface area contributed by atoms with E-state index in [2.05, 4.69) is 0 Å². The summed E-state index contributed by atoms with van der Waals surface area (Å²) in [7, 11) is 0. The van der Waals surface area contributed by atoms with E-state index in [-0.39, 0.29) is 24.2 Å². The molecule has 0 fully saturated rings. The minimum atomic E-state index is -0.547. The molecule has 17 heavy (non-hydrogen) atoms. The summed E-state index contributed by atoms with van der Waals surface area (Å²) in [6.07, 6.45) is 1.04. The van der Waals surface area contributed by atoms with Gasteiger partial charge in [-0.1, -0.05) is 6.92 Å². The van der Waals surface area contributed by atoms with Crippen LogP contribution in [0.2, 0.25) is 0 Å². The van der Waals surface area contributed by atoms with Crippen LogP contribution in [-0.4, -0.2) is 19.0 Å². The maximum absolute atomic E-state index is 13.2. The Morgan fingerprint density at radius 3 is 2.76 bits per heavy atom. The number of hydrogen-bond donors (Lipinski definition) is 0. The maximum atomic E-state index is 13.2. The summed E-state index contributed by atoms with van der Waals surface area (Å²) in [6.45, 7) is 2.93. The van der Waals surface area contributed by atoms with Crippen LogP contribution in [0.15, 0.2) is 18.2 Å². The van der Waals surface area contributed by atoms with Crippen LogP contribution < -0.4 is 0 Å². The minimum Gasteiger partial charge on any atom is -0.381 e. The molecule has 0 bridgehead atoms. The largest absolute Gasteiger partial charge is 0.381 e. The molecule has 4 heteroatoms. The topological polar surface area (TPSA) is 26.3 Å². The lowest BCUT2D eigenvalue weighted by molar-refractivity contribution is -0.119. The summed E-state index contributed by atoms with van der Waals surface area (Å²) < 4.78 is 31.2. The summed E-state index contributed by atoms with van der Waals surface area (Å²) >= 11 is 0. The maximum Gasteiger partial charge on any atom is 0.139 e. The molecule has 0 N–H and O–H groups in total. The number of carbonyl (C=O) groups excluding carboxylic acids is 1. The summed E-state index contributed by atoms with van der Waals surface area (Å²) in [4.78, 5) is 11.5. The molecule has 2 nitrogen and oxygen atoms in total. The Bertz CT molecular complexity index is 378. The van der Waals surface area contributed by atoms with Gasteiger partial charge in [0.05, 0.1) is 6.61 Å². The molecule has 1 aromatic carbocycles. The first-order valence-corrected chi connectivity index (χ1v) is 5.67. The van der Waals surface area contributed by atoms with Gasteiger partial charge < -0.3 is 4.74 Å². The molecular weight excluding hydrogens is 226 g/mol. The van der Waals surface area contributed by atoms with Crippen molar-refractivity contribution in [1.29, 1.82) is 0 Å². The molecule has 94 valence electrons. The fourth-order valence-electron chi connectivity index (χ4n) is 1.41. The van der Waals surface area contributed by atoms with Gasteiger partial charge in [-0.3, -0.25) is 4.79 Å². The third kappa shape index (κ3) is 5.04. The van der Waals surface area contributed by atoms with Crippen molar-refractivity contribution in [3.8, 4) is 0 Å². The van der Waals surface area contributed by atoms with Crippen molar-refractivity contribution in [2.45, 2.75) is 26.2 Å². The van der Waals surface area contributed by atoms with Gasteiger partial charge in [-0.25, -0.2) is 8.78 Å². The third-order valence-electron chi connectivity index (χ3n) is 2.27. The van der Waals surface area contributed by atoms with E-state index in [0.717, 1.165) is 24.6 Å². The molecule has 0 amide bonds. The van der Waals surface area contributed by atoms with Gasteiger partial charge in [-0.15, -0.1) is 0 Å². The Kier molecular flexibility index (Phi) is 5.77. The number of rotatable bonds is 7. The molecule has 0 aliphatic rings. The number of hydrogen-bond acceptors (Lipinski definition) is 2. The van der Waals surface area contributed by atoms with Crippen molar-refractivity contribution < 1.29 is 18.3 Å². The van der Waals surface area contributed by atoms with Gasteiger partial charge in [-0.2, -0.15) is 0 Å². The average Bonchev–Trinajstić information content (AvgIpc) is 2.29. The first-order chi connectivity index (χ1) is 8.13. The van der Waals surface area contributed by atoms with Crippen LogP contribution in [0.4, 0.5) is 8.78 Å². The molecule has 0 aromatic heterocycles. The summed E-state index contributed by atoms with van der Waals surface area (Å²) in [6, 6.07) is 3.12. The average molecular weight is 242 g/mol. The van der Waals surface area contributed by atoms with Crippen LogP contribution in [0.3, 0.4) is 0 Å².